The van der Waals surface area contributed by atoms with E-state index in [1.165, 1.54) is 11.1 Å². The Bertz CT molecular complexity index is 703. The Morgan fingerprint density at radius 2 is 1.93 bits per heavy atom. The standard InChI is InChI=1S/C21H31N5O/c1-4-22-21(23-15-18(3)19-7-5-17(2)6-8-19)26-12-10-25(11-13-26)16-20-9-14-27-24-20/h5-9,14,18H,4,10-13,15-16H2,1-3H3,(H,22,23). The summed E-state index contributed by atoms with van der Waals surface area (Å²) in [6.45, 7) is 13.0. The zero-order valence-corrected chi connectivity index (χ0v) is 16.7. The monoisotopic (exact) mass is 369 g/mol. The molecule has 1 saturated heterocycles. The minimum Gasteiger partial charge on any atom is -0.364 e. The van der Waals surface area contributed by atoms with Crippen LogP contribution in [0.1, 0.15) is 36.6 Å². The molecule has 1 fully saturated rings. The van der Waals surface area contributed by atoms with E-state index in [1.54, 1.807) is 6.26 Å². The maximum absolute atomic E-state index is 4.93. The quantitative estimate of drug-likeness (QED) is 0.627. The maximum Gasteiger partial charge on any atom is 0.194 e. The number of aliphatic imine (C=N–C) groups is 1. The van der Waals surface area contributed by atoms with Gasteiger partial charge < -0.3 is 14.7 Å². The second-order valence-electron chi connectivity index (χ2n) is 7.26. The number of nitrogens with zero attached hydrogens (tertiary/aromatic N) is 4. The van der Waals surface area contributed by atoms with Gasteiger partial charge in [0.05, 0.1) is 5.69 Å². The summed E-state index contributed by atoms with van der Waals surface area (Å²) in [6, 6.07) is 10.7. The Labute approximate surface area is 162 Å². The van der Waals surface area contributed by atoms with E-state index in [2.05, 4.69) is 65.3 Å². The summed E-state index contributed by atoms with van der Waals surface area (Å²) in [6.07, 6.45) is 1.64. The van der Waals surface area contributed by atoms with Crippen LogP contribution < -0.4 is 5.32 Å². The highest BCUT2D eigenvalue weighted by Crippen LogP contribution is 2.16. The predicted octanol–water partition coefficient (Wildman–Crippen LogP) is 2.87. The third-order valence-electron chi connectivity index (χ3n) is 5.04. The van der Waals surface area contributed by atoms with Crippen LogP contribution in [-0.4, -0.2) is 60.2 Å². The molecule has 6 heteroatoms. The van der Waals surface area contributed by atoms with Crippen molar-refractivity contribution in [1.29, 1.82) is 0 Å². The molecular weight excluding hydrogens is 338 g/mol. The van der Waals surface area contributed by atoms with Crippen molar-refractivity contribution < 1.29 is 4.52 Å². The number of nitrogens with one attached hydrogen (secondary N) is 1. The van der Waals surface area contributed by atoms with Crippen molar-refractivity contribution in [3.8, 4) is 0 Å². The first kappa shape index (κ1) is 19.4. The normalized spacial score (nSPS) is 17.1. The van der Waals surface area contributed by atoms with E-state index < -0.39 is 0 Å². The van der Waals surface area contributed by atoms with Gasteiger partial charge in [-0.25, -0.2) is 0 Å². The lowest BCUT2D eigenvalue weighted by molar-refractivity contribution is 0.169. The summed E-state index contributed by atoms with van der Waals surface area (Å²) in [7, 11) is 0. The van der Waals surface area contributed by atoms with Gasteiger partial charge in [-0.1, -0.05) is 41.9 Å². The van der Waals surface area contributed by atoms with Gasteiger partial charge in [-0.15, -0.1) is 0 Å². The highest BCUT2D eigenvalue weighted by Gasteiger charge is 2.20. The fourth-order valence-corrected chi connectivity index (χ4v) is 3.32. The lowest BCUT2D eigenvalue weighted by Gasteiger charge is -2.36. The number of hydrogen-bond donors (Lipinski definition) is 1. The maximum atomic E-state index is 4.93. The molecule has 0 saturated carbocycles. The van der Waals surface area contributed by atoms with Crippen molar-refractivity contribution in [3.63, 3.8) is 0 Å². The first-order valence-corrected chi connectivity index (χ1v) is 9.87. The molecule has 0 amide bonds. The molecule has 0 radical (unpaired) electrons. The van der Waals surface area contributed by atoms with Gasteiger partial charge in [0.2, 0.25) is 0 Å². The third-order valence-corrected chi connectivity index (χ3v) is 5.04. The first-order valence-electron chi connectivity index (χ1n) is 9.87. The number of guanidine groups is 1. The summed E-state index contributed by atoms with van der Waals surface area (Å²) in [5.41, 5.74) is 3.64. The van der Waals surface area contributed by atoms with Crippen molar-refractivity contribution in [2.24, 2.45) is 4.99 Å². The Balaban J connectivity index is 1.55. The Morgan fingerprint density at radius 3 is 2.56 bits per heavy atom. The van der Waals surface area contributed by atoms with Gasteiger partial charge in [0.25, 0.3) is 0 Å². The first-order chi connectivity index (χ1) is 13.2. The number of rotatable bonds is 6. The van der Waals surface area contributed by atoms with E-state index in [1.807, 2.05) is 6.07 Å². The van der Waals surface area contributed by atoms with Gasteiger partial charge in [-0.3, -0.25) is 9.89 Å². The number of hydrogen-bond acceptors (Lipinski definition) is 4. The fourth-order valence-electron chi connectivity index (χ4n) is 3.32. The minimum absolute atomic E-state index is 0.410. The zero-order valence-electron chi connectivity index (χ0n) is 16.7. The SMILES string of the molecule is CCNC(=NCC(C)c1ccc(C)cc1)N1CCN(Cc2ccon2)CC1. The smallest absolute Gasteiger partial charge is 0.194 e. The van der Waals surface area contributed by atoms with Crippen molar-refractivity contribution in [3.05, 3.63) is 53.4 Å². The molecule has 146 valence electrons. The number of aryl methyl sites for hydroxylation is 1. The summed E-state index contributed by atoms with van der Waals surface area (Å²) in [5, 5.41) is 7.47. The molecule has 0 bridgehead atoms. The largest absolute Gasteiger partial charge is 0.364 e. The molecule has 27 heavy (non-hydrogen) atoms. The van der Waals surface area contributed by atoms with E-state index in [-0.39, 0.29) is 0 Å². The molecule has 1 aromatic heterocycles. The molecule has 3 rings (SSSR count). The molecule has 1 aliphatic rings. The molecule has 1 unspecified atom stereocenters. The molecule has 2 aromatic rings. The van der Waals surface area contributed by atoms with Crippen LogP contribution in [0, 0.1) is 6.92 Å². The molecule has 0 aliphatic carbocycles. The van der Waals surface area contributed by atoms with Gasteiger partial charge >= 0.3 is 0 Å². The van der Waals surface area contributed by atoms with Crippen LogP contribution in [0.15, 0.2) is 46.1 Å². The van der Waals surface area contributed by atoms with Crippen molar-refractivity contribution in [1.82, 2.24) is 20.3 Å². The van der Waals surface area contributed by atoms with E-state index >= 15 is 0 Å². The molecule has 0 spiro atoms. The van der Waals surface area contributed by atoms with Crippen LogP contribution in [-0.2, 0) is 6.54 Å². The zero-order chi connectivity index (χ0) is 19.1. The number of benzene rings is 1. The topological polar surface area (TPSA) is 56.9 Å². The summed E-state index contributed by atoms with van der Waals surface area (Å²) < 4.78 is 4.93. The molecule has 1 N–H and O–H groups in total. The van der Waals surface area contributed by atoms with Gasteiger partial charge in [0, 0.05) is 57.8 Å². The van der Waals surface area contributed by atoms with Crippen molar-refractivity contribution >= 4 is 5.96 Å². The average Bonchev–Trinajstić information content (AvgIpc) is 3.19. The van der Waals surface area contributed by atoms with Crippen LogP contribution in [0.2, 0.25) is 0 Å². The van der Waals surface area contributed by atoms with Gasteiger partial charge in [-0.2, -0.15) is 0 Å². The molecular formula is C21H31N5O. The van der Waals surface area contributed by atoms with E-state index in [4.69, 9.17) is 9.52 Å². The highest BCUT2D eigenvalue weighted by molar-refractivity contribution is 5.80. The lowest BCUT2D eigenvalue weighted by Crippen LogP contribution is -2.52. The Hall–Kier alpha value is -2.34. The second-order valence-corrected chi connectivity index (χ2v) is 7.26. The van der Waals surface area contributed by atoms with Crippen LogP contribution in [0.25, 0.3) is 0 Å². The van der Waals surface area contributed by atoms with Crippen LogP contribution in [0.3, 0.4) is 0 Å². The lowest BCUT2D eigenvalue weighted by atomic mass is 10.0. The Kier molecular flexibility index (Phi) is 6.87. The van der Waals surface area contributed by atoms with E-state index in [9.17, 15) is 0 Å². The fraction of sp³-hybridized carbons (Fsp3) is 0.524. The van der Waals surface area contributed by atoms with Crippen LogP contribution in [0.4, 0.5) is 0 Å². The molecule has 1 aromatic carbocycles. The van der Waals surface area contributed by atoms with Crippen molar-refractivity contribution in [2.75, 3.05) is 39.3 Å². The number of piperazine rings is 1. The second kappa shape index (κ2) is 9.55. The van der Waals surface area contributed by atoms with Gasteiger partial charge in [0.15, 0.2) is 5.96 Å². The number of aromatic nitrogens is 1. The van der Waals surface area contributed by atoms with Gasteiger partial charge in [-0.05, 0) is 19.4 Å². The predicted molar refractivity (Wildman–Crippen MR) is 109 cm³/mol. The van der Waals surface area contributed by atoms with Crippen LogP contribution >= 0.6 is 0 Å². The van der Waals surface area contributed by atoms with Crippen molar-refractivity contribution in [2.45, 2.75) is 33.2 Å². The van der Waals surface area contributed by atoms with E-state index in [0.29, 0.717) is 5.92 Å². The molecule has 2 heterocycles. The molecule has 1 aliphatic heterocycles. The van der Waals surface area contributed by atoms with Crippen LogP contribution in [0.5, 0.6) is 0 Å². The van der Waals surface area contributed by atoms with Gasteiger partial charge in [0.1, 0.15) is 6.26 Å². The minimum atomic E-state index is 0.410. The summed E-state index contributed by atoms with van der Waals surface area (Å²) >= 11 is 0. The Morgan fingerprint density at radius 1 is 1.19 bits per heavy atom. The van der Waals surface area contributed by atoms with E-state index in [0.717, 1.165) is 57.5 Å². The molecule has 1 atom stereocenters. The summed E-state index contributed by atoms with van der Waals surface area (Å²) in [4.78, 5) is 9.70. The average molecular weight is 370 g/mol. The highest BCUT2D eigenvalue weighted by atomic mass is 16.5. The summed E-state index contributed by atoms with van der Waals surface area (Å²) in [5.74, 6) is 1.44. The third kappa shape index (κ3) is 5.57. The molecule has 6 nitrogen and oxygen atoms in total.